The van der Waals surface area contributed by atoms with Gasteiger partial charge in [0.25, 0.3) is 0 Å². The number of pyridine rings is 1. The predicted molar refractivity (Wildman–Crippen MR) is 102 cm³/mol. The van der Waals surface area contributed by atoms with E-state index < -0.39 is 0 Å². The third-order valence-corrected chi connectivity index (χ3v) is 6.53. The summed E-state index contributed by atoms with van der Waals surface area (Å²) >= 11 is 6.16. The van der Waals surface area contributed by atoms with E-state index >= 15 is 0 Å². The molecule has 1 aliphatic heterocycles. The van der Waals surface area contributed by atoms with E-state index in [2.05, 4.69) is 9.88 Å². The summed E-state index contributed by atoms with van der Waals surface area (Å²) < 4.78 is 0. The molecule has 5 heteroatoms. The van der Waals surface area contributed by atoms with E-state index in [1.54, 1.807) is 6.20 Å². The molecule has 132 valence electrons. The lowest BCUT2D eigenvalue weighted by molar-refractivity contribution is 0.226. The largest absolute Gasteiger partial charge is 0.355 e. The van der Waals surface area contributed by atoms with Crippen LogP contribution in [0.3, 0.4) is 0 Å². The molecule has 1 saturated heterocycles. The van der Waals surface area contributed by atoms with Crippen molar-refractivity contribution in [2.45, 2.75) is 52.4 Å². The van der Waals surface area contributed by atoms with E-state index in [-0.39, 0.29) is 0 Å². The van der Waals surface area contributed by atoms with Crippen molar-refractivity contribution in [2.75, 3.05) is 18.0 Å². The monoisotopic (exact) mass is 356 g/mol. The highest BCUT2D eigenvalue weighted by molar-refractivity contribution is 6.30. The Morgan fingerprint density at radius 3 is 2.44 bits per heavy atom. The third kappa shape index (κ3) is 3.12. The molecule has 0 unspecified atom stereocenters. The normalized spacial score (nSPS) is 19.6. The number of piperidine rings is 1. The van der Waals surface area contributed by atoms with Crippen LogP contribution in [-0.4, -0.2) is 28.0 Å². The van der Waals surface area contributed by atoms with Gasteiger partial charge in [0, 0.05) is 24.8 Å². The van der Waals surface area contributed by atoms with Crippen molar-refractivity contribution in [3.05, 3.63) is 34.9 Å². The molecule has 0 bridgehead atoms. The van der Waals surface area contributed by atoms with E-state index in [4.69, 9.17) is 21.6 Å². The second-order valence-corrected chi connectivity index (χ2v) is 7.99. The zero-order valence-electron chi connectivity index (χ0n) is 15.1. The maximum absolute atomic E-state index is 6.16. The van der Waals surface area contributed by atoms with Crippen LogP contribution in [0.15, 0.2) is 18.5 Å². The second-order valence-electron chi connectivity index (χ2n) is 7.63. The van der Waals surface area contributed by atoms with Gasteiger partial charge in [-0.2, -0.15) is 0 Å². The number of hydrogen-bond acceptors (Lipinski definition) is 4. The van der Waals surface area contributed by atoms with Crippen molar-refractivity contribution < 1.29 is 0 Å². The summed E-state index contributed by atoms with van der Waals surface area (Å²) in [6.45, 7) is 6.22. The van der Waals surface area contributed by atoms with Crippen molar-refractivity contribution in [3.63, 3.8) is 0 Å². The highest BCUT2D eigenvalue weighted by atomic mass is 35.5. The highest BCUT2D eigenvalue weighted by Crippen LogP contribution is 2.46. The first kappa shape index (κ1) is 16.8. The summed E-state index contributed by atoms with van der Waals surface area (Å²) in [7, 11) is 0. The molecule has 0 aromatic carbocycles. The van der Waals surface area contributed by atoms with Crippen LogP contribution in [0.4, 0.5) is 5.82 Å². The van der Waals surface area contributed by atoms with Crippen LogP contribution in [0, 0.1) is 19.3 Å². The Kier molecular flexibility index (Phi) is 4.40. The quantitative estimate of drug-likeness (QED) is 0.712. The van der Waals surface area contributed by atoms with Crippen molar-refractivity contribution in [1.29, 1.82) is 0 Å². The molecule has 25 heavy (non-hydrogen) atoms. The SMILES string of the molecule is Cc1nc(N2CCC3(CCCC3)CC2)cnc1-c1ccnc(Cl)c1C. The molecule has 0 radical (unpaired) electrons. The number of aromatic nitrogens is 3. The second kappa shape index (κ2) is 6.56. The van der Waals surface area contributed by atoms with Gasteiger partial charge in [0.05, 0.1) is 17.6 Å². The van der Waals surface area contributed by atoms with Gasteiger partial charge < -0.3 is 4.90 Å². The highest BCUT2D eigenvalue weighted by Gasteiger charge is 2.37. The summed E-state index contributed by atoms with van der Waals surface area (Å²) in [5.74, 6) is 1.01. The lowest BCUT2D eigenvalue weighted by Crippen LogP contribution is -2.39. The molecule has 0 atom stereocenters. The van der Waals surface area contributed by atoms with Crippen LogP contribution in [0.2, 0.25) is 5.15 Å². The Labute approximate surface area is 154 Å². The lowest BCUT2D eigenvalue weighted by atomic mass is 9.77. The van der Waals surface area contributed by atoms with Crippen LogP contribution in [-0.2, 0) is 0 Å². The molecular formula is C20H25ClN4. The molecule has 1 spiro atoms. The molecule has 0 amide bonds. The van der Waals surface area contributed by atoms with Gasteiger partial charge in [-0.3, -0.25) is 4.98 Å². The molecule has 2 fully saturated rings. The van der Waals surface area contributed by atoms with Crippen LogP contribution in [0.25, 0.3) is 11.3 Å². The first-order chi connectivity index (χ1) is 12.1. The summed E-state index contributed by atoms with van der Waals surface area (Å²) in [6, 6.07) is 1.96. The topological polar surface area (TPSA) is 41.9 Å². The fraction of sp³-hybridized carbons (Fsp3) is 0.550. The molecule has 2 aliphatic rings. The van der Waals surface area contributed by atoms with E-state index in [0.29, 0.717) is 10.6 Å². The zero-order valence-corrected chi connectivity index (χ0v) is 15.8. The standard InChI is InChI=1S/C20H25ClN4/c1-14-16(5-10-22-19(14)21)18-15(2)24-17(13-23-18)25-11-8-20(9-12-25)6-3-4-7-20/h5,10,13H,3-4,6-9,11-12H2,1-2H3. The fourth-order valence-electron chi connectivity index (χ4n) is 4.49. The van der Waals surface area contributed by atoms with Gasteiger partial charge in [-0.1, -0.05) is 24.4 Å². The van der Waals surface area contributed by atoms with Gasteiger partial charge in [0.1, 0.15) is 11.0 Å². The Hall–Kier alpha value is -1.68. The molecule has 3 heterocycles. The van der Waals surface area contributed by atoms with Crippen LogP contribution >= 0.6 is 11.6 Å². The number of anilines is 1. The minimum atomic E-state index is 0.528. The van der Waals surface area contributed by atoms with Crippen LogP contribution in [0.5, 0.6) is 0 Å². The first-order valence-electron chi connectivity index (χ1n) is 9.28. The third-order valence-electron chi connectivity index (χ3n) is 6.14. The minimum Gasteiger partial charge on any atom is -0.355 e. The summed E-state index contributed by atoms with van der Waals surface area (Å²) in [4.78, 5) is 16.1. The molecule has 1 saturated carbocycles. The Morgan fingerprint density at radius 2 is 1.76 bits per heavy atom. The summed E-state index contributed by atoms with van der Waals surface area (Å²) in [6.07, 6.45) is 11.9. The first-order valence-corrected chi connectivity index (χ1v) is 9.66. The van der Waals surface area contributed by atoms with E-state index in [1.165, 1.54) is 38.5 Å². The van der Waals surface area contributed by atoms with E-state index in [9.17, 15) is 0 Å². The maximum atomic E-state index is 6.16. The van der Waals surface area contributed by atoms with Gasteiger partial charge in [-0.15, -0.1) is 0 Å². The van der Waals surface area contributed by atoms with Gasteiger partial charge in [-0.25, -0.2) is 9.97 Å². The molecule has 1 aliphatic carbocycles. The Morgan fingerprint density at radius 1 is 1.04 bits per heavy atom. The van der Waals surface area contributed by atoms with Crippen molar-refractivity contribution >= 4 is 17.4 Å². The minimum absolute atomic E-state index is 0.528. The van der Waals surface area contributed by atoms with Crippen molar-refractivity contribution in [3.8, 4) is 11.3 Å². The van der Waals surface area contributed by atoms with Gasteiger partial charge >= 0.3 is 0 Å². The molecule has 2 aromatic rings. The maximum Gasteiger partial charge on any atom is 0.147 e. The van der Waals surface area contributed by atoms with Gasteiger partial charge in [0.15, 0.2) is 0 Å². The number of aryl methyl sites for hydroxylation is 1. The summed E-state index contributed by atoms with van der Waals surface area (Å²) in [5.41, 5.74) is 4.44. The van der Waals surface area contributed by atoms with Crippen molar-refractivity contribution in [1.82, 2.24) is 15.0 Å². The molecule has 4 rings (SSSR count). The molecule has 0 N–H and O–H groups in total. The zero-order chi connectivity index (χ0) is 17.4. The van der Waals surface area contributed by atoms with Gasteiger partial charge in [-0.05, 0) is 56.6 Å². The lowest BCUT2D eigenvalue weighted by Gasteiger charge is -2.39. The Bertz CT molecular complexity index is 773. The number of halogens is 1. The number of rotatable bonds is 2. The van der Waals surface area contributed by atoms with Crippen LogP contribution in [0.1, 0.15) is 49.8 Å². The van der Waals surface area contributed by atoms with E-state index in [1.807, 2.05) is 26.1 Å². The average molecular weight is 357 g/mol. The number of nitrogens with zero attached hydrogens (tertiary/aromatic N) is 4. The van der Waals surface area contributed by atoms with Gasteiger partial charge in [0.2, 0.25) is 0 Å². The van der Waals surface area contributed by atoms with E-state index in [0.717, 1.165) is 41.4 Å². The summed E-state index contributed by atoms with van der Waals surface area (Å²) in [5, 5.41) is 0.528. The number of hydrogen-bond donors (Lipinski definition) is 0. The van der Waals surface area contributed by atoms with Crippen LogP contribution < -0.4 is 4.90 Å². The molecule has 4 nitrogen and oxygen atoms in total. The smallest absolute Gasteiger partial charge is 0.147 e. The average Bonchev–Trinajstić information content (AvgIpc) is 3.06. The fourth-order valence-corrected chi connectivity index (χ4v) is 4.65. The predicted octanol–water partition coefficient (Wildman–Crippen LogP) is 4.97. The molecular weight excluding hydrogens is 332 g/mol. The van der Waals surface area contributed by atoms with Crippen molar-refractivity contribution in [2.24, 2.45) is 5.41 Å². The molecule has 2 aromatic heterocycles. The Balaban J connectivity index is 1.55.